The van der Waals surface area contributed by atoms with Crippen molar-refractivity contribution in [2.45, 2.75) is 17.1 Å². The van der Waals surface area contributed by atoms with Gasteiger partial charge in [0, 0.05) is 16.0 Å². The second kappa shape index (κ2) is 6.08. The normalized spacial score (nSPS) is 10.6. The van der Waals surface area contributed by atoms with E-state index in [0.29, 0.717) is 0 Å². The number of allylic oxidation sites excluding steroid dienone is 1. The van der Waals surface area contributed by atoms with Crippen LogP contribution in [-0.4, -0.2) is 5.75 Å². The summed E-state index contributed by atoms with van der Waals surface area (Å²) in [5.41, 5.74) is 0. The minimum atomic E-state index is 0.978. The maximum Gasteiger partial charge on any atom is 0.0683 e. The van der Waals surface area contributed by atoms with Gasteiger partial charge in [0.25, 0.3) is 0 Å². The average molecular weight is 260 g/mol. The summed E-state index contributed by atoms with van der Waals surface area (Å²) in [6, 6.07) is 8.68. The molecule has 1 aromatic carbocycles. The minimum Gasteiger partial charge on any atom is -0.133 e. The molecule has 2 rings (SSSR count). The highest BCUT2D eigenvalue weighted by atomic mass is 32.2. The summed E-state index contributed by atoms with van der Waals surface area (Å²) in [5.74, 6) is 0.978. The van der Waals surface area contributed by atoms with Gasteiger partial charge < -0.3 is 0 Å². The maximum absolute atomic E-state index is 3.80. The highest BCUT2D eigenvalue weighted by molar-refractivity contribution is 8.01. The van der Waals surface area contributed by atoms with Gasteiger partial charge in [-0.25, -0.2) is 0 Å². The highest BCUT2D eigenvalue weighted by Gasteiger charge is 2.09. The minimum absolute atomic E-state index is 0.978. The van der Waals surface area contributed by atoms with Crippen molar-refractivity contribution in [3.8, 4) is 0 Å². The van der Waals surface area contributed by atoms with Gasteiger partial charge in [0.05, 0.1) is 4.21 Å². The monoisotopic (exact) mass is 260 g/mol. The van der Waals surface area contributed by atoms with Crippen LogP contribution in [-0.2, 0) is 6.42 Å². The molecule has 0 N–H and O–H groups in total. The Bertz CT molecular complexity index is 477. The second-order valence-corrected chi connectivity index (χ2v) is 6.18. The largest absolute Gasteiger partial charge is 0.133 e. The lowest BCUT2D eigenvalue weighted by molar-refractivity contribution is 1.04. The fraction of sp³-hybridized carbons (Fsp3) is 0.200. The van der Waals surface area contributed by atoms with E-state index in [4.69, 9.17) is 0 Å². The third kappa shape index (κ3) is 2.82. The van der Waals surface area contributed by atoms with Crippen molar-refractivity contribution in [2.24, 2.45) is 0 Å². The van der Waals surface area contributed by atoms with Crippen LogP contribution in [0.4, 0.5) is 0 Å². The molecule has 0 spiro atoms. The first-order chi connectivity index (χ1) is 8.36. The van der Waals surface area contributed by atoms with Crippen LogP contribution in [0.25, 0.3) is 10.8 Å². The molecule has 17 heavy (non-hydrogen) atoms. The predicted molar refractivity (Wildman–Crippen MR) is 81.3 cm³/mol. The molecule has 0 atom stereocenters. The average Bonchev–Trinajstić information content (AvgIpc) is 2.72. The Morgan fingerprint density at radius 3 is 2.59 bits per heavy atom. The van der Waals surface area contributed by atoms with Crippen molar-refractivity contribution in [1.29, 1.82) is 0 Å². The van der Waals surface area contributed by atoms with E-state index in [1.807, 2.05) is 35.3 Å². The number of hydrogen-bond donors (Lipinski definition) is 0. The zero-order chi connectivity index (χ0) is 12.1. The van der Waals surface area contributed by atoms with Gasteiger partial charge in [0.1, 0.15) is 0 Å². The molecule has 0 saturated heterocycles. The van der Waals surface area contributed by atoms with Crippen LogP contribution in [0.1, 0.15) is 11.3 Å². The first-order valence-electron chi connectivity index (χ1n) is 5.71. The second-order valence-electron chi connectivity index (χ2n) is 3.79. The molecule has 2 aromatic rings. The quantitative estimate of drug-likeness (QED) is 0.502. The van der Waals surface area contributed by atoms with E-state index < -0.39 is 0 Å². The van der Waals surface area contributed by atoms with Crippen molar-refractivity contribution < 1.29 is 0 Å². The Kier molecular flexibility index (Phi) is 4.46. The molecule has 2 heteroatoms. The lowest BCUT2D eigenvalue weighted by Crippen LogP contribution is -1.77. The first kappa shape index (κ1) is 12.5. The molecular formula is C15H16S2. The van der Waals surface area contributed by atoms with E-state index in [2.05, 4.69) is 37.4 Å². The molecule has 0 nitrogen and oxygen atoms in total. The van der Waals surface area contributed by atoms with Crippen LogP contribution in [0, 0.1) is 0 Å². The zero-order valence-corrected chi connectivity index (χ0v) is 11.4. The Morgan fingerprint density at radius 2 is 1.88 bits per heavy atom. The Labute approximate surface area is 111 Å². The molecular weight excluding hydrogens is 244 g/mol. The Hall–Kier alpha value is -0.990. The lowest BCUT2D eigenvalue weighted by atomic mass is 10.1. The molecule has 1 aromatic heterocycles. The van der Waals surface area contributed by atoms with Crippen LogP contribution in [0.2, 0.25) is 0 Å². The number of fused-ring (bicyclic) bond motifs is 1. The fourth-order valence-electron chi connectivity index (χ4n) is 1.79. The van der Waals surface area contributed by atoms with Crippen LogP contribution < -0.4 is 0 Å². The van der Waals surface area contributed by atoms with Crippen molar-refractivity contribution >= 4 is 33.9 Å². The fourth-order valence-corrected chi connectivity index (χ4v) is 4.15. The van der Waals surface area contributed by atoms with Crippen molar-refractivity contribution in [3.63, 3.8) is 0 Å². The maximum atomic E-state index is 3.80. The topological polar surface area (TPSA) is 0 Å². The lowest BCUT2D eigenvalue weighted by Gasteiger charge is -1.95. The van der Waals surface area contributed by atoms with Gasteiger partial charge in [0.15, 0.2) is 0 Å². The van der Waals surface area contributed by atoms with Gasteiger partial charge in [-0.3, -0.25) is 0 Å². The Balaban J connectivity index is 2.38. The number of thioether (sulfide) groups is 1. The summed E-state index contributed by atoms with van der Waals surface area (Å²) in [6.45, 7) is 7.58. The highest BCUT2D eigenvalue weighted by Crippen LogP contribution is 2.38. The van der Waals surface area contributed by atoms with Crippen molar-refractivity contribution in [3.05, 3.63) is 54.5 Å². The molecule has 0 saturated carbocycles. The van der Waals surface area contributed by atoms with E-state index in [9.17, 15) is 0 Å². The number of rotatable bonds is 6. The number of thiophene rings is 1. The summed E-state index contributed by atoms with van der Waals surface area (Å²) in [7, 11) is 0. The molecule has 0 aliphatic rings. The molecule has 0 aliphatic heterocycles. The molecule has 0 aliphatic carbocycles. The molecule has 0 unspecified atom stereocenters. The number of hydrogen-bond acceptors (Lipinski definition) is 2. The summed E-state index contributed by atoms with van der Waals surface area (Å²) < 4.78 is 1.42. The zero-order valence-electron chi connectivity index (χ0n) is 9.82. The molecule has 0 bridgehead atoms. The molecule has 0 fully saturated rings. The summed E-state index contributed by atoms with van der Waals surface area (Å²) >= 11 is 3.80. The van der Waals surface area contributed by atoms with Crippen molar-refractivity contribution in [2.75, 3.05) is 5.75 Å². The molecule has 0 amide bonds. The number of benzene rings is 1. The molecule has 0 radical (unpaired) electrons. The Morgan fingerprint density at radius 1 is 1.12 bits per heavy atom. The van der Waals surface area contributed by atoms with Crippen LogP contribution in [0.15, 0.2) is 53.8 Å². The van der Waals surface area contributed by atoms with E-state index in [1.54, 1.807) is 0 Å². The van der Waals surface area contributed by atoms with E-state index in [-0.39, 0.29) is 0 Å². The molecule has 88 valence electrons. The summed E-state index contributed by atoms with van der Waals surface area (Å²) in [5, 5.41) is 2.80. The van der Waals surface area contributed by atoms with Gasteiger partial charge in [-0.1, -0.05) is 36.4 Å². The predicted octanol–water partition coefficient (Wildman–Crippen LogP) is 5.30. The third-order valence-corrected chi connectivity index (χ3v) is 5.13. The van der Waals surface area contributed by atoms with Crippen LogP contribution in [0.3, 0.4) is 0 Å². The van der Waals surface area contributed by atoms with E-state index in [0.717, 1.165) is 18.6 Å². The first-order valence-corrected chi connectivity index (χ1v) is 7.52. The molecule has 1 heterocycles. The van der Waals surface area contributed by atoms with Gasteiger partial charge in [-0.05, 0) is 18.2 Å². The van der Waals surface area contributed by atoms with E-state index >= 15 is 0 Å². The third-order valence-electron chi connectivity index (χ3n) is 2.57. The number of aryl methyl sites for hydroxylation is 1. The van der Waals surface area contributed by atoms with Crippen LogP contribution >= 0.6 is 23.1 Å². The summed E-state index contributed by atoms with van der Waals surface area (Å²) in [4.78, 5) is 1.48. The smallest absolute Gasteiger partial charge is 0.0683 e. The van der Waals surface area contributed by atoms with Gasteiger partial charge >= 0.3 is 0 Å². The summed E-state index contributed by atoms with van der Waals surface area (Å²) in [6.07, 6.45) is 6.10. The SMILES string of the molecule is C=CCCc1sc(SCC=C)c2ccccc12. The standard InChI is InChI=1S/C15H16S2/c1-3-5-10-14-12-8-6-7-9-13(12)15(17-14)16-11-4-2/h3-4,6-9H,1-2,5,10-11H2. The van der Waals surface area contributed by atoms with Crippen molar-refractivity contribution in [1.82, 2.24) is 0 Å². The van der Waals surface area contributed by atoms with E-state index in [1.165, 1.54) is 19.9 Å². The van der Waals surface area contributed by atoms with Gasteiger partial charge in [-0.2, -0.15) is 0 Å². The van der Waals surface area contributed by atoms with Gasteiger partial charge in [-0.15, -0.1) is 36.3 Å². The van der Waals surface area contributed by atoms with Crippen LogP contribution in [0.5, 0.6) is 0 Å². The van der Waals surface area contributed by atoms with Gasteiger partial charge in [0.2, 0.25) is 0 Å².